The summed E-state index contributed by atoms with van der Waals surface area (Å²) in [6.07, 6.45) is 0. The molecule has 0 unspecified atom stereocenters. The number of nitrogens with zero attached hydrogens (tertiary/aromatic N) is 2. The second-order valence-electron chi connectivity index (χ2n) is 3.29. The molecule has 0 saturated carbocycles. The summed E-state index contributed by atoms with van der Waals surface area (Å²) in [6.45, 7) is 1.96. The van der Waals surface area contributed by atoms with Gasteiger partial charge in [0, 0.05) is 12.1 Å². The predicted octanol–water partition coefficient (Wildman–Crippen LogP) is 1.34. The average molecular weight is 276 g/mol. The molecule has 92 valence electrons. The number of nitrogens with two attached hydrogens (primary N) is 1. The molecule has 0 aliphatic rings. The number of hydrogen-bond acceptors (Lipinski definition) is 3. The smallest absolute Gasteiger partial charge is 0.254 e. The van der Waals surface area contributed by atoms with Gasteiger partial charge >= 0.3 is 0 Å². The highest BCUT2D eigenvalue weighted by Gasteiger charge is 2.17. The van der Waals surface area contributed by atoms with Crippen molar-refractivity contribution in [1.29, 1.82) is 0 Å². The molecule has 0 atom stereocenters. The van der Waals surface area contributed by atoms with E-state index in [2.05, 4.69) is 4.98 Å². The highest BCUT2D eigenvalue weighted by atomic mass is 35.5. The van der Waals surface area contributed by atoms with Crippen molar-refractivity contribution in [3.8, 4) is 0 Å². The number of amides is 2. The summed E-state index contributed by atoms with van der Waals surface area (Å²) in [5.41, 5.74) is 5.32. The molecule has 1 aromatic rings. The molecule has 7 heteroatoms. The fraction of sp³-hybridized carbons (Fsp3) is 0.300. The molecule has 17 heavy (non-hydrogen) atoms. The number of likely N-dealkylation sites (N-methyl/N-ethyl adjacent to an activating group) is 1. The van der Waals surface area contributed by atoms with Gasteiger partial charge in [-0.25, -0.2) is 4.98 Å². The van der Waals surface area contributed by atoms with E-state index in [-0.39, 0.29) is 28.3 Å². The van der Waals surface area contributed by atoms with Crippen molar-refractivity contribution in [3.63, 3.8) is 0 Å². The van der Waals surface area contributed by atoms with Crippen LogP contribution in [0, 0.1) is 0 Å². The lowest BCUT2D eigenvalue weighted by atomic mass is 10.2. The summed E-state index contributed by atoms with van der Waals surface area (Å²) in [5, 5.41) is 0.243. The highest BCUT2D eigenvalue weighted by molar-refractivity contribution is 6.33. The molecule has 2 N–H and O–H groups in total. The molecule has 0 fully saturated rings. The molecule has 0 aliphatic carbocycles. The lowest BCUT2D eigenvalue weighted by Gasteiger charge is -2.19. The average Bonchev–Trinajstić information content (AvgIpc) is 2.23. The van der Waals surface area contributed by atoms with Gasteiger partial charge in [-0.05, 0) is 19.1 Å². The Kier molecular flexibility index (Phi) is 4.72. The minimum Gasteiger partial charge on any atom is -0.368 e. The zero-order valence-corrected chi connectivity index (χ0v) is 10.6. The summed E-state index contributed by atoms with van der Waals surface area (Å²) in [4.78, 5) is 27.8. The Hall–Kier alpha value is -1.33. The maximum absolute atomic E-state index is 12.0. The van der Waals surface area contributed by atoms with Gasteiger partial charge < -0.3 is 10.6 Å². The number of carbonyl (C=O) groups excluding carboxylic acids is 2. The Morgan fingerprint density at radius 3 is 2.29 bits per heavy atom. The summed E-state index contributed by atoms with van der Waals surface area (Å²) < 4.78 is 0. The van der Waals surface area contributed by atoms with Crippen LogP contribution in [-0.4, -0.2) is 34.8 Å². The van der Waals surface area contributed by atoms with E-state index >= 15 is 0 Å². The van der Waals surface area contributed by atoms with Gasteiger partial charge in [0.25, 0.3) is 5.91 Å². The second-order valence-corrected chi connectivity index (χ2v) is 4.06. The normalized spacial score (nSPS) is 10.1. The van der Waals surface area contributed by atoms with Gasteiger partial charge in [0.05, 0.1) is 6.54 Å². The third-order valence-electron chi connectivity index (χ3n) is 2.03. The first kappa shape index (κ1) is 13.7. The van der Waals surface area contributed by atoms with E-state index in [1.54, 1.807) is 6.92 Å². The van der Waals surface area contributed by atoms with Crippen LogP contribution in [0.5, 0.6) is 0 Å². The van der Waals surface area contributed by atoms with Crippen LogP contribution >= 0.6 is 23.2 Å². The molecular weight excluding hydrogens is 265 g/mol. The Labute approximate surface area is 109 Å². The number of halogens is 2. The molecule has 1 rings (SSSR count). The van der Waals surface area contributed by atoms with Gasteiger partial charge in [-0.15, -0.1) is 0 Å². The number of hydrogen-bond donors (Lipinski definition) is 1. The Balaban J connectivity index is 2.97. The molecule has 0 bridgehead atoms. The molecule has 0 aromatic carbocycles. The van der Waals surface area contributed by atoms with Gasteiger partial charge in [-0.2, -0.15) is 0 Å². The third kappa shape index (κ3) is 3.87. The van der Waals surface area contributed by atoms with Crippen LogP contribution in [0.1, 0.15) is 17.3 Å². The topological polar surface area (TPSA) is 76.3 Å². The summed E-state index contributed by atoms with van der Waals surface area (Å²) in [5.74, 6) is -0.941. The quantitative estimate of drug-likeness (QED) is 0.843. The van der Waals surface area contributed by atoms with E-state index in [9.17, 15) is 9.59 Å². The first-order valence-electron chi connectivity index (χ1n) is 4.84. The second kappa shape index (κ2) is 5.84. The standard InChI is InChI=1S/C10H11Cl2N3O2/c1-2-15(5-9(13)16)10(17)6-3-7(11)14-8(12)4-6/h3-4H,2,5H2,1H3,(H2,13,16). The number of carbonyl (C=O) groups is 2. The zero-order chi connectivity index (χ0) is 13.0. The van der Waals surface area contributed by atoms with Crippen molar-refractivity contribution in [2.45, 2.75) is 6.92 Å². The Bertz CT molecular complexity index is 431. The molecule has 1 aromatic heterocycles. The summed E-state index contributed by atoms with van der Waals surface area (Å²) >= 11 is 11.4. The fourth-order valence-corrected chi connectivity index (χ4v) is 1.75. The molecule has 0 spiro atoms. The van der Waals surface area contributed by atoms with Crippen molar-refractivity contribution in [2.75, 3.05) is 13.1 Å². The lowest BCUT2D eigenvalue weighted by Crippen LogP contribution is -2.38. The maximum Gasteiger partial charge on any atom is 0.254 e. The minimum atomic E-state index is -0.577. The van der Waals surface area contributed by atoms with Gasteiger partial charge in [0.1, 0.15) is 10.3 Å². The van der Waals surface area contributed by atoms with Crippen molar-refractivity contribution in [2.24, 2.45) is 5.73 Å². The summed E-state index contributed by atoms with van der Waals surface area (Å²) in [6, 6.07) is 2.78. The van der Waals surface area contributed by atoms with Crippen LogP contribution in [0.4, 0.5) is 0 Å². The van der Waals surface area contributed by atoms with Crippen molar-refractivity contribution in [1.82, 2.24) is 9.88 Å². The Morgan fingerprint density at radius 2 is 1.88 bits per heavy atom. The largest absolute Gasteiger partial charge is 0.368 e. The van der Waals surface area contributed by atoms with E-state index in [0.717, 1.165) is 0 Å². The fourth-order valence-electron chi connectivity index (χ4n) is 1.29. The molecule has 5 nitrogen and oxygen atoms in total. The summed E-state index contributed by atoms with van der Waals surface area (Å²) in [7, 11) is 0. The van der Waals surface area contributed by atoms with E-state index in [4.69, 9.17) is 28.9 Å². The van der Waals surface area contributed by atoms with Gasteiger partial charge in [0.2, 0.25) is 5.91 Å². The molecular formula is C10H11Cl2N3O2. The number of rotatable bonds is 4. The molecule has 0 radical (unpaired) electrons. The van der Waals surface area contributed by atoms with Crippen LogP contribution in [0.3, 0.4) is 0 Å². The Morgan fingerprint density at radius 1 is 1.35 bits per heavy atom. The lowest BCUT2D eigenvalue weighted by molar-refractivity contribution is -0.118. The van der Waals surface area contributed by atoms with Crippen LogP contribution in [0.25, 0.3) is 0 Å². The molecule has 1 heterocycles. The van der Waals surface area contributed by atoms with E-state index in [1.807, 2.05) is 0 Å². The van der Waals surface area contributed by atoms with Crippen molar-refractivity contribution < 1.29 is 9.59 Å². The van der Waals surface area contributed by atoms with Crippen LogP contribution in [-0.2, 0) is 4.79 Å². The molecule has 2 amide bonds. The zero-order valence-electron chi connectivity index (χ0n) is 9.11. The number of primary amides is 1. The van der Waals surface area contributed by atoms with Crippen LogP contribution in [0.15, 0.2) is 12.1 Å². The van der Waals surface area contributed by atoms with Crippen molar-refractivity contribution >= 4 is 35.0 Å². The van der Waals surface area contributed by atoms with E-state index in [1.165, 1.54) is 17.0 Å². The maximum atomic E-state index is 12.0. The van der Waals surface area contributed by atoms with Gasteiger partial charge in [-0.3, -0.25) is 9.59 Å². The SMILES string of the molecule is CCN(CC(N)=O)C(=O)c1cc(Cl)nc(Cl)c1. The van der Waals surface area contributed by atoms with Crippen molar-refractivity contribution in [3.05, 3.63) is 28.0 Å². The van der Waals surface area contributed by atoms with Crippen LogP contribution in [0.2, 0.25) is 10.3 Å². The monoisotopic (exact) mass is 275 g/mol. The van der Waals surface area contributed by atoms with E-state index < -0.39 is 5.91 Å². The molecule has 0 aliphatic heterocycles. The third-order valence-corrected chi connectivity index (χ3v) is 2.41. The molecule has 0 saturated heterocycles. The van der Waals surface area contributed by atoms with Gasteiger partial charge in [0.15, 0.2) is 0 Å². The predicted molar refractivity (Wildman–Crippen MR) is 65.0 cm³/mol. The van der Waals surface area contributed by atoms with Gasteiger partial charge in [-0.1, -0.05) is 23.2 Å². The van der Waals surface area contributed by atoms with Crippen LogP contribution < -0.4 is 5.73 Å². The van der Waals surface area contributed by atoms with E-state index in [0.29, 0.717) is 6.54 Å². The minimum absolute atomic E-state index is 0.121. The first-order valence-corrected chi connectivity index (χ1v) is 5.60. The first-order chi connectivity index (χ1) is 7.93. The number of pyridine rings is 1. The number of aromatic nitrogens is 1. The highest BCUT2D eigenvalue weighted by Crippen LogP contribution is 2.16.